The Kier molecular flexibility index (Phi) is 3.93. The summed E-state index contributed by atoms with van der Waals surface area (Å²) in [4.78, 5) is 19.2. The van der Waals surface area contributed by atoms with Gasteiger partial charge >= 0.3 is 0 Å². The number of rotatable bonds is 4. The summed E-state index contributed by atoms with van der Waals surface area (Å²) in [5.74, 6) is 1.41. The molecule has 1 aromatic heterocycles. The Morgan fingerprint density at radius 1 is 1.24 bits per heavy atom. The molecule has 1 amide bonds. The fraction of sp³-hybridized carbons (Fsp3) is 0.211. The smallest absolute Gasteiger partial charge is 0.255 e. The minimum atomic E-state index is 0.00562. The van der Waals surface area contributed by atoms with E-state index < -0.39 is 0 Å². The van der Waals surface area contributed by atoms with E-state index >= 15 is 0 Å². The molecule has 1 saturated heterocycles. The summed E-state index contributed by atoms with van der Waals surface area (Å²) in [5, 5.41) is 6.72. The maximum Gasteiger partial charge on any atom is 0.255 e. The van der Waals surface area contributed by atoms with Crippen molar-refractivity contribution in [2.75, 3.05) is 13.7 Å². The van der Waals surface area contributed by atoms with E-state index in [4.69, 9.17) is 4.74 Å². The molecular weight excluding hydrogens is 316 g/mol. The van der Waals surface area contributed by atoms with Gasteiger partial charge in [0.1, 0.15) is 12.1 Å². The maximum absolute atomic E-state index is 13.1. The summed E-state index contributed by atoms with van der Waals surface area (Å²) >= 11 is 0. The molecule has 6 heteroatoms. The van der Waals surface area contributed by atoms with E-state index in [2.05, 4.69) is 15.2 Å². The lowest BCUT2D eigenvalue weighted by Gasteiger charge is -2.41. The van der Waals surface area contributed by atoms with Gasteiger partial charge in [0.25, 0.3) is 5.91 Å². The molecule has 1 N–H and O–H groups in total. The number of carbonyl (C=O) groups excluding carboxylic acids is 1. The second-order valence-electron chi connectivity index (χ2n) is 5.96. The first kappa shape index (κ1) is 15.4. The van der Waals surface area contributed by atoms with E-state index in [0.717, 1.165) is 29.8 Å². The summed E-state index contributed by atoms with van der Waals surface area (Å²) < 4.78 is 5.30. The molecule has 1 atom stereocenters. The number of hydrogen-bond acceptors (Lipinski definition) is 4. The lowest BCUT2D eigenvalue weighted by atomic mass is 9.92. The van der Waals surface area contributed by atoms with E-state index in [1.165, 1.54) is 6.33 Å². The SMILES string of the molecule is COc1cccc(C2CCN2C(=O)c2ccccc2-c2ncn[nH]2)c1. The normalized spacial score (nSPS) is 16.4. The molecule has 0 spiro atoms. The molecule has 0 bridgehead atoms. The van der Waals surface area contributed by atoms with Crippen molar-refractivity contribution < 1.29 is 9.53 Å². The largest absolute Gasteiger partial charge is 0.497 e. The van der Waals surface area contributed by atoms with Gasteiger partial charge < -0.3 is 9.64 Å². The molecule has 6 nitrogen and oxygen atoms in total. The van der Waals surface area contributed by atoms with Crippen LogP contribution in [0.4, 0.5) is 0 Å². The zero-order valence-corrected chi connectivity index (χ0v) is 13.8. The van der Waals surface area contributed by atoms with Crippen LogP contribution in [0.3, 0.4) is 0 Å². The standard InChI is InChI=1S/C19H18N4O2/c1-25-14-6-4-5-13(11-14)17-9-10-23(17)19(24)16-8-3-2-7-15(16)18-20-12-21-22-18/h2-8,11-12,17H,9-10H2,1H3,(H,20,21,22). The molecule has 25 heavy (non-hydrogen) atoms. The van der Waals surface area contributed by atoms with Crippen molar-refractivity contribution in [3.8, 4) is 17.1 Å². The number of methoxy groups -OCH3 is 1. The highest BCUT2D eigenvalue weighted by Crippen LogP contribution is 2.36. The van der Waals surface area contributed by atoms with Crippen LogP contribution in [-0.4, -0.2) is 39.6 Å². The quantitative estimate of drug-likeness (QED) is 0.796. The summed E-state index contributed by atoms with van der Waals surface area (Å²) in [5.41, 5.74) is 2.49. The van der Waals surface area contributed by atoms with Gasteiger partial charge in [0.2, 0.25) is 0 Å². The summed E-state index contributed by atoms with van der Waals surface area (Å²) in [7, 11) is 1.65. The zero-order valence-electron chi connectivity index (χ0n) is 13.8. The molecule has 2 aromatic carbocycles. The third-order valence-corrected chi connectivity index (χ3v) is 4.59. The summed E-state index contributed by atoms with van der Waals surface area (Å²) in [6, 6.07) is 15.4. The Balaban J connectivity index is 1.64. The van der Waals surface area contributed by atoms with Crippen molar-refractivity contribution in [2.45, 2.75) is 12.5 Å². The highest BCUT2D eigenvalue weighted by atomic mass is 16.5. The number of aromatic nitrogens is 3. The van der Waals surface area contributed by atoms with Crippen LogP contribution in [0.1, 0.15) is 28.4 Å². The van der Waals surface area contributed by atoms with E-state index in [1.54, 1.807) is 7.11 Å². The number of ether oxygens (including phenoxy) is 1. The van der Waals surface area contributed by atoms with Crippen molar-refractivity contribution in [3.63, 3.8) is 0 Å². The lowest BCUT2D eigenvalue weighted by molar-refractivity contribution is 0.0460. The molecule has 1 unspecified atom stereocenters. The van der Waals surface area contributed by atoms with Crippen molar-refractivity contribution in [1.29, 1.82) is 0 Å². The molecule has 3 aromatic rings. The van der Waals surface area contributed by atoms with E-state index in [0.29, 0.717) is 11.4 Å². The van der Waals surface area contributed by atoms with Crippen LogP contribution in [0.15, 0.2) is 54.9 Å². The van der Waals surface area contributed by atoms with Crippen LogP contribution in [0.25, 0.3) is 11.4 Å². The molecule has 4 rings (SSSR count). The van der Waals surface area contributed by atoms with Gasteiger partial charge in [-0.3, -0.25) is 9.89 Å². The third kappa shape index (κ3) is 2.76. The minimum absolute atomic E-state index is 0.00562. The number of benzene rings is 2. The molecule has 1 fully saturated rings. The van der Waals surface area contributed by atoms with Crippen LogP contribution in [0.2, 0.25) is 0 Å². The van der Waals surface area contributed by atoms with Gasteiger partial charge in [-0.15, -0.1) is 0 Å². The molecular formula is C19H18N4O2. The summed E-state index contributed by atoms with van der Waals surface area (Å²) in [6.07, 6.45) is 2.39. The minimum Gasteiger partial charge on any atom is -0.497 e. The van der Waals surface area contributed by atoms with Gasteiger partial charge in [-0.05, 0) is 30.2 Å². The summed E-state index contributed by atoms with van der Waals surface area (Å²) in [6.45, 7) is 0.742. The highest BCUT2D eigenvalue weighted by molar-refractivity contribution is 6.00. The van der Waals surface area contributed by atoms with Crippen molar-refractivity contribution in [3.05, 3.63) is 66.0 Å². The Bertz CT molecular complexity index is 892. The van der Waals surface area contributed by atoms with E-state index in [1.807, 2.05) is 53.4 Å². The van der Waals surface area contributed by atoms with Gasteiger partial charge in [0.15, 0.2) is 5.82 Å². The van der Waals surface area contributed by atoms with Crippen LogP contribution < -0.4 is 4.74 Å². The molecule has 1 aliphatic rings. The number of aromatic amines is 1. The average molecular weight is 334 g/mol. The highest BCUT2D eigenvalue weighted by Gasteiger charge is 2.35. The Morgan fingerprint density at radius 2 is 2.12 bits per heavy atom. The number of nitrogens with one attached hydrogen (secondary N) is 1. The van der Waals surface area contributed by atoms with E-state index in [-0.39, 0.29) is 11.9 Å². The topological polar surface area (TPSA) is 71.1 Å². The molecule has 2 heterocycles. The maximum atomic E-state index is 13.1. The number of nitrogens with zero attached hydrogens (tertiary/aromatic N) is 3. The monoisotopic (exact) mass is 334 g/mol. The fourth-order valence-electron chi connectivity index (χ4n) is 3.19. The molecule has 0 aliphatic carbocycles. The zero-order chi connectivity index (χ0) is 17.2. The molecule has 0 radical (unpaired) electrons. The van der Waals surface area contributed by atoms with Crippen molar-refractivity contribution in [1.82, 2.24) is 20.1 Å². The van der Waals surface area contributed by atoms with Crippen LogP contribution in [-0.2, 0) is 0 Å². The Hall–Kier alpha value is -3.15. The van der Waals surface area contributed by atoms with Crippen LogP contribution in [0, 0.1) is 0 Å². The Morgan fingerprint density at radius 3 is 2.84 bits per heavy atom. The van der Waals surface area contributed by atoms with Crippen molar-refractivity contribution >= 4 is 5.91 Å². The number of likely N-dealkylation sites (tertiary alicyclic amines) is 1. The first-order chi connectivity index (χ1) is 12.3. The molecule has 1 aliphatic heterocycles. The van der Waals surface area contributed by atoms with Gasteiger partial charge in [-0.1, -0.05) is 30.3 Å². The van der Waals surface area contributed by atoms with Gasteiger partial charge in [0.05, 0.1) is 18.7 Å². The number of amides is 1. The van der Waals surface area contributed by atoms with Gasteiger partial charge in [-0.2, -0.15) is 5.10 Å². The lowest BCUT2D eigenvalue weighted by Crippen LogP contribution is -2.45. The predicted molar refractivity (Wildman–Crippen MR) is 93.2 cm³/mol. The van der Waals surface area contributed by atoms with Crippen LogP contribution >= 0.6 is 0 Å². The first-order valence-corrected chi connectivity index (χ1v) is 8.17. The second-order valence-corrected chi connectivity index (χ2v) is 5.96. The van der Waals surface area contributed by atoms with E-state index in [9.17, 15) is 4.79 Å². The third-order valence-electron chi connectivity index (χ3n) is 4.59. The van der Waals surface area contributed by atoms with Crippen molar-refractivity contribution in [2.24, 2.45) is 0 Å². The van der Waals surface area contributed by atoms with Gasteiger partial charge in [-0.25, -0.2) is 4.98 Å². The average Bonchev–Trinajstić information content (AvgIpc) is 3.15. The first-order valence-electron chi connectivity index (χ1n) is 8.17. The molecule has 0 saturated carbocycles. The number of carbonyl (C=O) groups is 1. The molecule has 126 valence electrons. The van der Waals surface area contributed by atoms with Gasteiger partial charge in [0, 0.05) is 12.1 Å². The fourth-order valence-corrected chi connectivity index (χ4v) is 3.19. The van der Waals surface area contributed by atoms with Crippen LogP contribution in [0.5, 0.6) is 5.75 Å². The predicted octanol–water partition coefficient (Wildman–Crippen LogP) is 3.07. The number of hydrogen-bond donors (Lipinski definition) is 1. The number of H-pyrrole nitrogens is 1. The second kappa shape index (κ2) is 6.39. The Labute approximate surface area is 145 Å².